The highest BCUT2D eigenvalue weighted by Gasteiger charge is 2.52. The van der Waals surface area contributed by atoms with Crippen LogP contribution >= 0.6 is 0 Å². The molecule has 2 aromatic rings. The lowest BCUT2D eigenvalue weighted by Gasteiger charge is -2.57. The third-order valence-electron chi connectivity index (χ3n) is 5.35. The number of rotatable bonds is 4. The molecule has 2 fully saturated rings. The molecule has 25 heavy (non-hydrogen) atoms. The van der Waals surface area contributed by atoms with Crippen LogP contribution in [0.1, 0.15) is 11.5 Å². The minimum Gasteiger partial charge on any atom is -0.497 e. The van der Waals surface area contributed by atoms with Gasteiger partial charge in [-0.3, -0.25) is 4.79 Å². The molecule has 5 heteroatoms. The fourth-order valence-corrected chi connectivity index (χ4v) is 4.11. The Bertz CT molecular complexity index is 769. The van der Waals surface area contributed by atoms with Crippen LogP contribution in [0.25, 0.3) is 11.1 Å². The molecule has 5 nitrogen and oxygen atoms in total. The summed E-state index contributed by atoms with van der Waals surface area (Å²) in [5, 5.41) is 12.9. The molecule has 2 N–H and O–H groups in total. The van der Waals surface area contributed by atoms with E-state index in [1.807, 2.05) is 23.1 Å². The third kappa shape index (κ3) is 2.69. The normalized spacial score (nSPS) is 25.3. The maximum absolute atomic E-state index is 12.0. The van der Waals surface area contributed by atoms with E-state index in [2.05, 4.69) is 35.6 Å². The van der Waals surface area contributed by atoms with E-state index < -0.39 is 0 Å². The Kier molecular flexibility index (Phi) is 4.19. The first-order valence-corrected chi connectivity index (χ1v) is 8.60. The second kappa shape index (κ2) is 6.50. The molecule has 2 aliphatic heterocycles. The summed E-state index contributed by atoms with van der Waals surface area (Å²) in [5.74, 6) is 1.10. The van der Waals surface area contributed by atoms with Crippen molar-refractivity contribution in [3.63, 3.8) is 0 Å². The van der Waals surface area contributed by atoms with Crippen LogP contribution in [-0.4, -0.2) is 54.8 Å². The summed E-state index contributed by atoms with van der Waals surface area (Å²) in [6.07, 6.45) is 0. The number of carbonyl (C=O) groups is 1. The number of carbonyl (C=O) groups excluding carboxylic acids is 1. The van der Waals surface area contributed by atoms with E-state index >= 15 is 0 Å². The Morgan fingerprint density at radius 2 is 2.00 bits per heavy atom. The summed E-state index contributed by atoms with van der Waals surface area (Å²) in [6.45, 7) is 1.16. The molecule has 0 spiro atoms. The van der Waals surface area contributed by atoms with Gasteiger partial charge in [0.2, 0.25) is 5.91 Å². The summed E-state index contributed by atoms with van der Waals surface area (Å²) in [6, 6.07) is 16.4. The molecule has 0 aromatic heterocycles. The Labute approximate surface area is 147 Å². The Balaban J connectivity index is 1.58. The quantitative estimate of drug-likeness (QED) is 0.889. The molecule has 0 bridgehead atoms. The zero-order valence-electron chi connectivity index (χ0n) is 14.2. The molecule has 1 amide bonds. The van der Waals surface area contributed by atoms with E-state index in [0.717, 1.165) is 23.4 Å². The van der Waals surface area contributed by atoms with Gasteiger partial charge in [0, 0.05) is 12.5 Å². The summed E-state index contributed by atoms with van der Waals surface area (Å²) in [4.78, 5) is 13.9. The fourth-order valence-electron chi connectivity index (χ4n) is 4.11. The van der Waals surface area contributed by atoms with Gasteiger partial charge in [-0.1, -0.05) is 36.4 Å². The van der Waals surface area contributed by atoms with Gasteiger partial charge in [-0.15, -0.1) is 0 Å². The largest absolute Gasteiger partial charge is 0.497 e. The van der Waals surface area contributed by atoms with Crippen molar-refractivity contribution in [1.82, 2.24) is 10.2 Å². The molecule has 2 aromatic carbocycles. The molecule has 2 aliphatic rings. The first kappa shape index (κ1) is 16.1. The van der Waals surface area contributed by atoms with Crippen LogP contribution in [0, 0.1) is 0 Å². The van der Waals surface area contributed by atoms with Crippen molar-refractivity contribution >= 4 is 5.91 Å². The monoisotopic (exact) mass is 338 g/mol. The molecular formula is C20H22N2O3. The lowest BCUT2D eigenvalue weighted by Crippen LogP contribution is -2.72. The third-order valence-corrected chi connectivity index (χ3v) is 5.35. The summed E-state index contributed by atoms with van der Waals surface area (Å²) >= 11 is 0. The molecule has 0 radical (unpaired) electrons. The molecule has 0 unspecified atom stereocenters. The SMILES string of the molecule is COc1cccc(-c2ccc([C@@H]3[C@@H](CO)N4C(=O)CNC[C@H]34)cc2)c1. The maximum Gasteiger partial charge on any atom is 0.237 e. The lowest BCUT2D eigenvalue weighted by molar-refractivity contribution is -0.153. The number of fused-ring (bicyclic) bond motifs is 1. The van der Waals surface area contributed by atoms with Gasteiger partial charge in [0.05, 0.1) is 32.3 Å². The van der Waals surface area contributed by atoms with Crippen molar-refractivity contribution < 1.29 is 14.6 Å². The van der Waals surface area contributed by atoms with Crippen molar-refractivity contribution in [3.8, 4) is 16.9 Å². The number of ether oxygens (including phenoxy) is 1. The number of hydrogen-bond donors (Lipinski definition) is 2. The van der Waals surface area contributed by atoms with Gasteiger partial charge in [-0.2, -0.15) is 0 Å². The number of aliphatic hydroxyl groups excluding tert-OH is 1. The molecule has 2 heterocycles. The van der Waals surface area contributed by atoms with Gasteiger partial charge in [-0.05, 0) is 28.8 Å². The van der Waals surface area contributed by atoms with E-state index in [9.17, 15) is 9.90 Å². The van der Waals surface area contributed by atoms with Crippen molar-refractivity contribution in [2.45, 2.75) is 18.0 Å². The van der Waals surface area contributed by atoms with Crippen molar-refractivity contribution in [3.05, 3.63) is 54.1 Å². The van der Waals surface area contributed by atoms with E-state index in [0.29, 0.717) is 6.54 Å². The number of piperazine rings is 1. The molecular weight excluding hydrogens is 316 g/mol. The van der Waals surface area contributed by atoms with Gasteiger partial charge >= 0.3 is 0 Å². The Morgan fingerprint density at radius 3 is 2.72 bits per heavy atom. The maximum atomic E-state index is 12.0. The van der Waals surface area contributed by atoms with Gasteiger partial charge < -0.3 is 20.1 Å². The van der Waals surface area contributed by atoms with Crippen LogP contribution in [0.3, 0.4) is 0 Å². The van der Waals surface area contributed by atoms with Crippen molar-refractivity contribution in [2.75, 3.05) is 26.8 Å². The molecule has 3 atom stereocenters. The van der Waals surface area contributed by atoms with Crippen LogP contribution < -0.4 is 10.1 Å². The average molecular weight is 338 g/mol. The van der Waals surface area contributed by atoms with Gasteiger partial charge in [0.1, 0.15) is 5.75 Å². The zero-order chi connectivity index (χ0) is 17.4. The van der Waals surface area contributed by atoms with E-state index in [1.165, 1.54) is 5.56 Å². The van der Waals surface area contributed by atoms with Crippen LogP contribution in [0.5, 0.6) is 5.75 Å². The second-order valence-electron chi connectivity index (χ2n) is 6.63. The molecule has 4 rings (SSSR count). The predicted molar refractivity (Wildman–Crippen MR) is 95.5 cm³/mol. The molecule has 0 aliphatic carbocycles. The smallest absolute Gasteiger partial charge is 0.237 e. The van der Waals surface area contributed by atoms with Crippen LogP contribution in [0.4, 0.5) is 0 Å². The number of aliphatic hydroxyl groups is 1. The lowest BCUT2D eigenvalue weighted by atomic mass is 9.74. The van der Waals surface area contributed by atoms with Crippen LogP contribution in [0.15, 0.2) is 48.5 Å². The van der Waals surface area contributed by atoms with Gasteiger partial charge in [-0.25, -0.2) is 0 Å². The highest BCUT2D eigenvalue weighted by molar-refractivity contribution is 5.81. The van der Waals surface area contributed by atoms with Crippen LogP contribution in [0.2, 0.25) is 0 Å². The Morgan fingerprint density at radius 1 is 1.20 bits per heavy atom. The molecule has 2 saturated heterocycles. The molecule has 130 valence electrons. The van der Waals surface area contributed by atoms with Gasteiger partial charge in [0.15, 0.2) is 0 Å². The summed E-state index contributed by atoms with van der Waals surface area (Å²) in [5.41, 5.74) is 3.40. The molecule has 0 saturated carbocycles. The summed E-state index contributed by atoms with van der Waals surface area (Å²) < 4.78 is 5.29. The first-order chi connectivity index (χ1) is 12.2. The highest BCUT2D eigenvalue weighted by atomic mass is 16.5. The number of hydrogen-bond acceptors (Lipinski definition) is 4. The topological polar surface area (TPSA) is 61.8 Å². The first-order valence-electron chi connectivity index (χ1n) is 8.60. The van der Waals surface area contributed by atoms with E-state index in [1.54, 1.807) is 7.11 Å². The van der Waals surface area contributed by atoms with Crippen molar-refractivity contribution in [1.29, 1.82) is 0 Å². The van der Waals surface area contributed by atoms with Gasteiger partial charge in [0.25, 0.3) is 0 Å². The summed E-state index contributed by atoms with van der Waals surface area (Å²) in [7, 11) is 1.67. The number of amides is 1. The number of nitrogens with zero attached hydrogens (tertiary/aromatic N) is 1. The zero-order valence-corrected chi connectivity index (χ0v) is 14.2. The number of benzene rings is 2. The Hall–Kier alpha value is -2.37. The standard InChI is InChI=1S/C20H22N2O3/c1-25-16-4-2-3-15(9-16)13-5-7-14(8-6-13)20-17-10-21-11-19(24)22(17)18(20)12-23/h2-9,17-18,20-21,23H,10-12H2,1H3/t17-,18-,20+/m1/s1. The number of methoxy groups -OCH3 is 1. The average Bonchev–Trinajstić information content (AvgIpc) is 2.64. The minimum absolute atomic E-state index is 0.00451. The predicted octanol–water partition coefficient (Wildman–Crippen LogP) is 1.62. The second-order valence-corrected chi connectivity index (χ2v) is 6.63. The fraction of sp³-hybridized carbons (Fsp3) is 0.350. The number of nitrogens with one attached hydrogen (secondary N) is 1. The van der Waals surface area contributed by atoms with E-state index in [4.69, 9.17) is 4.74 Å². The van der Waals surface area contributed by atoms with Crippen LogP contribution in [-0.2, 0) is 4.79 Å². The minimum atomic E-state index is -0.109. The van der Waals surface area contributed by atoms with Crippen molar-refractivity contribution in [2.24, 2.45) is 0 Å². The highest BCUT2D eigenvalue weighted by Crippen LogP contribution is 2.41. The van der Waals surface area contributed by atoms with E-state index in [-0.39, 0.29) is 30.5 Å².